The number of rotatable bonds is 8. The molecule has 2 saturated heterocycles. The van der Waals surface area contributed by atoms with E-state index in [-0.39, 0.29) is 22.1 Å². The zero-order valence-electron chi connectivity index (χ0n) is 23.0. The van der Waals surface area contributed by atoms with Crippen molar-refractivity contribution in [2.24, 2.45) is 5.41 Å². The van der Waals surface area contributed by atoms with E-state index >= 15 is 4.39 Å². The van der Waals surface area contributed by atoms with Gasteiger partial charge in [-0.1, -0.05) is 56.1 Å². The number of Topliss-reactive ketones (excluding diaryl/α,β-unsaturated/α-hetero) is 1. The smallest absolute Gasteiger partial charge is 0.237 e. The predicted molar refractivity (Wildman–Crippen MR) is 155 cm³/mol. The largest absolute Gasteiger partial charge is 0.325 e. The Bertz CT molecular complexity index is 1260. The number of nitrogens with one attached hydrogen (secondary N) is 2. The van der Waals surface area contributed by atoms with Gasteiger partial charge in [0.2, 0.25) is 5.91 Å². The van der Waals surface area contributed by atoms with Crippen molar-refractivity contribution >= 4 is 40.6 Å². The number of halogens is 3. The van der Waals surface area contributed by atoms with Crippen LogP contribution in [0.4, 0.5) is 10.1 Å². The van der Waals surface area contributed by atoms with Gasteiger partial charge in [-0.2, -0.15) is 0 Å². The van der Waals surface area contributed by atoms with Crippen LogP contribution in [-0.4, -0.2) is 48.3 Å². The lowest BCUT2D eigenvalue weighted by molar-refractivity contribution is -0.122. The Morgan fingerprint density at radius 2 is 1.87 bits per heavy atom. The van der Waals surface area contributed by atoms with Gasteiger partial charge in [-0.05, 0) is 92.5 Å². The maximum Gasteiger partial charge on any atom is 0.237 e. The third-order valence-electron chi connectivity index (χ3n) is 8.60. The average Bonchev–Trinajstić information content (AvgIpc) is 3.55. The Morgan fingerprint density at radius 3 is 2.56 bits per heavy atom. The first-order valence-electron chi connectivity index (χ1n) is 14.1. The predicted octanol–water partition coefficient (Wildman–Crippen LogP) is 6.72. The van der Waals surface area contributed by atoms with Crippen LogP contribution in [0.15, 0.2) is 36.4 Å². The van der Waals surface area contributed by atoms with Gasteiger partial charge in [-0.25, -0.2) is 4.39 Å². The highest BCUT2D eigenvalue weighted by Crippen LogP contribution is 2.57. The zero-order valence-corrected chi connectivity index (χ0v) is 24.5. The fraction of sp³-hybridized carbons (Fsp3) is 0.548. The van der Waals surface area contributed by atoms with Crippen molar-refractivity contribution in [3.8, 4) is 0 Å². The molecule has 3 aliphatic rings. The molecule has 5 nitrogen and oxygen atoms in total. The van der Waals surface area contributed by atoms with E-state index in [9.17, 15) is 9.59 Å². The molecule has 2 N–H and O–H groups in total. The molecule has 2 fully saturated rings. The molecule has 5 rings (SSSR count). The second kappa shape index (κ2) is 11.1. The number of likely N-dealkylation sites (tertiary alicyclic amines) is 1. The molecular weight excluding hydrogens is 536 g/mol. The summed E-state index contributed by atoms with van der Waals surface area (Å²) in [5, 5.41) is 7.09. The molecule has 0 aromatic heterocycles. The third-order valence-corrected chi connectivity index (χ3v) is 9.13. The molecule has 1 spiro atoms. The molecule has 3 aliphatic heterocycles. The Balaban J connectivity index is 1.56. The van der Waals surface area contributed by atoms with Crippen molar-refractivity contribution in [1.82, 2.24) is 10.2 Å². The molecule has 0 radical (unpaired) electrons. The number of ketones is 1. The van der Waals surface area contributed by atoms with Crippen LogP contribution in [0.25, 0.3) is 0 Å². The Hall–Kier alpha value is -1.99. The first kappa shape index (κ1) is 28.5. The summed E-state index contributed by atoms with van der Waals surface area (Å²) in [5.41, 5.74) is 0.475. The van der Waals surface area contributed by atoms with E-state index in [1.54, 1.807) is 6.07 Å². The van der Waals surface area contributed by atoms with E-state index in [4.69, 9.17) is 23.2 Å². The Morgan fingerprint density at radius 1 is 1.13 bits per heavy atom. The maximum atomic E-state index is 15.0. The summed E-state index contributed by atoms with van der Waals surface area (Å²) in [4.78, 5) is 30.6. The van der Waals surface area contributed by atoms with Gasteiger partial charge in [-0.3, -0.25) is 9.59 Å². The van der Waals surface area contributed by atoms with Gasteiger partial charge < -0.3 is 15.5 Å². The molecular formula is C31H38Cl2FN3O2. The summed E-state index contributed by atoms with van der Waals surface area (Å²) in [5.74, 6) is -1.30. The molecule has 8 heteroatoms. The number of amides is 1. The fourth-order valence-corrected chi connectivity index (χ4v) is 7.34. The molecule has 1 amide bonds. The number of nitrogens with zero attached hydrogens (tertiary/aromatic N) is 1. The molecule has 39 heavy (non-hydrogen) atoms. The van der Waals surface area contributed by atoms with Crippen LogP contribution in [0, 0.1) is 11.2 Å². The summed E-state index contributed by atoms with van der Waals surface area (Å²) in [7, 11) is 0. The van der Waals surface area contributed by atoms with E-state index in [1.807, 2.05) is 18.2 Å². The second-order valence-corrected chi connectivity index (χ2v) is 13.4. The van der Waals surface area contributed by atoms with Crippen LogP contribution in [0.1, 0.15) is 76.3 Å². The van der Waals surface area contributed by atoms with Crippen LogP contribution >= 0.6 is 23.2 Å². The average molecular weight is 575 g/mol. The minimum absolute atomic E-state index is 0.0469. The molecule has 0 bridgehead atoms. The molecule has 0 saturated carbocycles. The highest BCUT2D eigenvalue weighted by atomic mass is 35.5. The normalized spacial score (nSPS) is 26.8. The number of benzene rings is 2. The lowest BCUT2D eigenvalue weighted by atomic mass is 9.62. The lowest BCUT2D eigenvalue weighted by Crippen LogP contribution is -2.49. The monoisotopic (exact) mass is 573 g/mol. The highest BCUT2D eigenvalue weighted by molar-refractivity contribution is 6.31. The molecule has 210 valence electrons. The van der Waals surface area contributed by atoms with Crippen molar-refractivity contribution in [2.45, 2.75) is 82.7 Å². The van der Waals surface area contributed by atoms with Crippen molar-refractivity contribution in [3.05, 3.63) is 63.4 Å². The van der Waals surface area contributed by atoms with Crippen LogP contribution in [-0.2, 0) is 15.0 Å². The van der Waals surface area contributed by atoms with Gasteiger partial charge in [-0.15, -0.1) is 0 Å². The van der Waals surface area contributed by atoms with Gasteiger partial charge in [0.25, 0.3) is 0 Å². The summed E-state index contributed by atoms with van der Waals surface area (Å²) < 4.78 is 15.0. The summed E-state index contributed by atoms with van der Waals surface area (Å²) in [6.45, 7) is 9.62. The fourth-order valence-electron chi connectivity index (χ4n) is 6.98. The van der Waals surface area contributed by atoms with Gasteiger partial charge in [0.1, 0.15) is 17.0 Å². The topological polar surface area (TPSA) is 61.4 Å². The van der Waals surface area contributed by atoms with Gasteiger partial charge >= 0.3 is 0 Å². The number of hydrogen-bond donors (Lipinski definition) is 2. The molecule has 2 aromatic carbocycles. The number of carbonyl (C=O) groups is 2. The van der Waals surface area contributed by atoms with Crippen molar-refractivity contribution in [1.29, 1.82) is 0 Å². The first-order valence-corrected chi connectivity index (χ1v) is 14.8. The van der Waals surface area contributed by atoms with Gasteiger partial charge in [0.15, 0.2) is 0 Å². The SMILES string of the molecule is CC(C)(C)C[C@H]1N[C@@H](C(=O)CCCCN2CCCC2)[C@H](c2cccc(Cl)c2)[C@@]12C(=O)Nc1cc(Cl)c(F)cc12. The summed E-state index contributed by atoms with van der Waals surface area (Å²) in [6, 6.07) is 9.23. The minimum atomic E-state index is -1.20. The van der Waals surface area contributed by atoms with Crippen LogP contribution < -0.4 is 10.6 Å². The standard InChI is InChI=1S/C31H38Cl2FN3O2/c1-30(2,3)18-26-31(21-16-23(34)22(33)17-24(21)35-29(31)39)27(19-9-8-10-20(32)15-19)28(36-26)25(38)11-4-5-12-37-13-6-7-14-37/h8-10,15-17,26-28,36H,4-7,11-14,18H2,1-3H3,(H,35,39)/t26-,27+,28+,31+/m1/s1. The number of hydrogen-bond acceptors (Lipinski definition) is 4. The Kier molecular flexibility index (Phi) is 8.13. The molecule has 0 unspecified atom stereocenters. The van der Waals surface area contributed by atoms with E-state index < -0.39 is 29.2 Å². The van der Waals surface area contributed by atoms with Gasteiger partial charge in [0, 0.05) is 29.1 Å². The molecule has 2 aromatic rings. The van der Waals surface area contributed by atoms with Crippen molar-refractivity contribution in [2.75, 3.05) is 25.0 Å². The number of fused-ring (bicyclic) bond motifs is 2. The Labute approximate surface area is 240 Å². The minimum Gasteiger partial charge on any atom is -0.325 e. The van der Waals surface area contributed by atoms with Crippen molar-refractivity contribution in [3.63, 3.8) is 0 Å². The van der Waals surface area contributed by atoms with E-state index in [0.717, 1.165) is 38.0 Å². The summed E-state index contributed by atoms with van der Waals surface area (Å²) >= 11 is 12.6. The second-order valence-electron chi connectivity index (χ2n) is 12.6. The number of carbonyl (C=O) groups excluding carboxylic acids is 2. The van der Waals surface area contributed by atoms with Crippen LogP contribution in [0.2, 0.25) is 10.0 Å². The molecule has 4 atom stereocenters. The highest BCUT2D eigenvalue weighted by Gasteiger charge is 2.65. The van der Waals surface area contributed by atoms with Crippen molar-refractivity contribution < 1.29 is 14.0 Å². The van der Waals surface area contributed by atoms with Crippen LogP contribution in [0.5, 0.6) is 0 Å². The lowest BCUT2D eigenvalue weighted by Gasteiger charge is -2.37. The third kappa shape index (κ3) is 5.50. The van der Waals surface area contributed by atoms with Crippen LogP contribution in [0.3, 0.4) is 0 Å². The van der Waals surface area contributed by atoms with E-state index in [1.165, 1.54) is 25.0 Å². The molecule has 3 heterocycles. The zero-order chi connectivity index (χ0) is 27.9. The quantitative estimate of drug-likeness (QED) is 0.344. The number of unbranched alkanes of at least 4 members (excludes halogenated alkanes) is 1. The van der Waals surface area contributed by atoms with Gasteiger partial charge in [0.05, 0.1) is 11.1 Å². The van der Waals surface area contributed by atoms with E-state index in [0.29, 0.717) is 29.1 Å². The molecule has 0 aliphatic carbocycles. The first-order chi connectivity index (χ1) is 18.5. The number of anilines is 1. The maximum absolute atomic E-state index is 15.0. The van der Waals surface area contributed by atoms with E-state index in [2.05, 4.69) is 36.3 Å². The summed E-state index contributed by atoms with van der Waals surface area (Å²) in [6.07, 6.45) is 5.28.